The van der Waals surface area contributed by atoms with E-state index in [0.717, 1.165) is 5.56 Å². The Balaban J connectivity index is 1.73. The summed E-state index contributed by atoms with van der Waals surface area (Å²) in [7, 11) is -1.24. The molecule has 25 heavy (non-hydrogen) atoms. The van der Waals surface area contributed by atoms with E-state index in [1.54, 1.807) is 15.8 Å². The fraction of sp³-hybridized carbons (Fsp3) is 0.438. The average molecular weight is 380 g/mol. The van der Waals surface area contributed by atoms with Crippen molar-refractivity contribution in [3.8, 4) is 0 Å². The molecule has 1 fully saturated rings. The second kappa shape index (κ2) is 7.57. The molecule has 1 atom stereocenters. The van der Waals surface area contributed by atoms with Crippen molar-refractivity contribution in [3.63, 3.8) is 0 Å². The van der Waals surface area contributed by atoms with Crippen LogP contribution in [0.3, 0.4) is 0 Å². The lowest BCUT2D eigenvalue weighted by molar-refractivity contribution is -0.130. The van der Waals surface area contributed by atoms with Gasteiger partial charge in [-0.1, -0.05) is 42.1 Å². The Morgan fingerprint density at radius 3 is 2.72 bits per heavy atom. The van der Waals surface area contributed by atoms with Gasteiger partial charge in [0.15, 0.2) is 15.0 Å². The molecule has 1 saturated heterocycles. The molecule has 3 rings (SSSR count). The fourth-order valence-electron chi connectivity index (χ4n) is 2.83. The third-order valence-electron chi connectivity index (χ3n) is 4.16. The van der Waals surface area contributed by atoms with Crippen LogP contribution in [0.2, 0.25) is 0 Å². The van der Waals surface area contributed by atoms with Gasteiger partial charge >= 0.3 is 0 Å². The number of sulfone groups is 1. The summed E-state index contributed by atoms with van der Waals surface area (Å²) in [5.41, 5.74) is 0.990. The van der Waals surface area contributed by atoms with Gasteiger partial charge in [0.1, 0.15) is 6.33 Å². The summed E-state index contributed by atoms with van der Waals surface area (Å²) >= 11 is 1.31. The number of benzene rings is 1. The summed E-state index contributed by atoms with van der Waals surface area (Å²) in [5.74, 6) is 0.307. The molecule has 0 bridgehead atoms. The van der Waals surface area contributed by atoms with Gasteiger partial charge in [-0.2, -0.15) is 0 Å². The number of aromatic nitrogens is 3. The molecular weight excluding hydrogens is 360 g/mol. The van der Waals surface area contributed by atoms with Crippen LogP contribution in [0.5, 0.6) is 0 Å². The molecule has 1 amide bonds. The lowest BCUT2D eigenvalue weighted by atomic mass is 10.1. The minimum Gasteiger partial charge on any atom is -0.334 e. The summed E-state index contributed by atoms with van der Waals surface area (Å²) < 4.78 is 25.4. The summed E-state index contributed by atoms with van der Waals surface area (Å²) in [5, 5.41) is 8.42. The summed E-state index contributed by atoms with van der Waals surface area (Å²) in [6.07, 6.45) is 2.08. The number of carbonyl (C=O) groups excluding carboxylic acids is 1. The predicted molar refractivity (Wildman–Crippen MR) is 95.8 cm³/mol. The van der Waals surface area contributed by atoms with Crippen molar-refractivity contribution in [1.82, 2.24) is 19.7 Å². The first-order valence-electron chi connectivity index (χ1n) is 7.95. The van der Waals surface area contributed by atoms with Gasteiger partial charge in [0, 0.05) is 19.6 Å². The number of thioether (sulfide) groups is 1. The van der Waals surface area contributed by atoms with E-state index in [0.29, 0.717) is 18.1 Å². The lowest BCUT2D eigenvalue weighted by Crippen LogP contribution is -2.41. The van der Waals surface area contributed by atoms with E-state index < -0.39 is 9.84 Å². The Hall–Kier alpha value is -1.87. The number of carbonyl (C=O) groups is 1. The van der Waals surface area contributed by atoms with Crippen LogP contribution >= 0.6 is 11.8 Å². The molecule has 0 saturated carbocycles. The van der Waals surface area contributed by atoms with Gasteiger partial charge in [-0.15, -0.1) is 10.2 Å². The molecule has 0 spiro atoms. The van der Waals surface area contributed by atoms with Crippen LogP contribution in [0.1, 0.15) is 12.0 Å². The number of hydrogen-bond donors (Lipinski definition) is 0. The van der Waals surface area contributed by atoms with Crippen molar-refractivity contribution in [2.45, 2.75) is 24.2 Å². The van der Waals surface area contributed by atoms with Crippen LogP contribution in [0.15, 0.2) is 41.8 Å². The van der Waals surface area contributed by atoms with Crippen molar-refractivity contribution in [2.24, 2.45) is 7.05 Å². The maximum atomic E-state index is 12.8. The topological polar surface area (TPSA) is 85.2 Å². The van der Waals surface area contributed by atoms with Crippen molar-refractivity contribution in [1.29, 1.82) is 0 Å². The second-order valence-electron chi connectivity index (χ2n) is 6.08. The molecule has 1 aliphatic heterocycles. The van der Waals surface area contributed by atoms with E-state index in [1.807, 2.05) is 37.4 Å². The highest BCUT2D eigenvalue weighted by Gasteiger charge is 2.34. The maximum absolute atomic E-state index is 12.8. The largest absolute Gasteiger partial charge is 0.334 e. The third kappa shape index (κ3) is 4.60. The van der Waals surface area contributed by atoms with Crippen molar-refractivity contribution < 1.29 is 13.2 Å². The smallest absolute Gasteiger partial charge is 0.233 e. The first-order valence-corrected chi connectivity index (χ1v) is 10.8. The number of nitrogens with zero attached hydrogens (tertiary/aromatic N) is 4. The van der Waals surface area contributed by atoms with Gasteiger partial charge in [-0.25, -0.2) is 8.42 Å². The van der Waals surface area contributed by atoms with Crippen LogP contribution in [0.4, 0.5) is 0 Å². The second-order valence-corrected chi connectivity index (χ2v) is 9.25. The molecular formula is C16H20N4O3S2. The summed E-state index contributed by atoms with van der Waals surface area (Å²) in [6, 6.07) is 9.37. The third-order valence-corrected chi connectivity index (χ3v) is 6.93. The monoisotopic (exact) mass is 380 g/mol. The normalized spacial score (nSPS) is 19.0. The van der Waals surface area contributed by atoms with Gasteiger partial charge < -0.3 is 9.47 Å². The van der Waals surface area contributed by atoms with Crippen LogP contribution < -0.4 is 0 Å². The molecule has 1 aromatic carbocycles. The molecule has 2 heterocycles. The molecule has 7 nitrogen and oxygen atoms in total. The van der Waals surface area contributed by atoms with Crippen molar-refractivity contribution in [2.75, 3.05) is 17.3 Å². The SMILES string of the molecule is Cn1cnnc1SCC(=O)N(Cc1ccccc1)[C@@H]1CCS(=O)(=O)C1. The Bertz CT molecular complexity index is 836. The number of aryl methyl sites for hydroxylation is 1. The number of hydrogen-bond acceptors (Lipinski definition) is 6. The highest BCUT2D eigenvalue weighted by atomic mass is 32.2. The Morgan fingerprint density at radius 1 is 1.36 bits per heavy atom. The van der Waals surface area contributed by atoms with Crippen molar-refractivity contribution in [3.05, 3.63) is 42.2 Å². The zero-order valence-corrected chi connectivity index (χ0v) is 15.5. The minimum absolute atomic E-state index is 0.0419. The summed E-state index contributed by atoms with van der Waals surface area (Å²) in [6.45, 7) is 0.416. The molecule has 0 radical (unpaired) electrons. The molecule has 0 N–H and O–H groups in total. The fourth-order valence-corrected chi connectivity index (χ4v) is 5.34. The van der Waals surface area contributed by atoms with Gasteiger partial charge in [0.2, 0.25) is 5.91 Å². The minimum atomic E-state index is -3.06. The van der Waals surface area contributed by atoms with Gasteiger partial charge in [0.05, 0.1) is 17.3 Å². The number of amides is 1. The first kappa shape index (κ1) is 17.9. The van der Waals surface area contributed by atoms with E-state index in [9.17, 15) is 13.2 Å². The van der Waals surface area contributed by atoms with Crippen LogP contribution in [-0.4, -0.2) is 57.3 Å². The van der Waals surface area contributed by atoms with Gasteiger partial charge in [-0.05, 0) is 12.0 Å². The molecule has 134 valence electrons. The average Bonchev–Trinajstić information content (AvgIpc) is 3.16. The summed E-state index contributed by atoms with van der Waals surface area (Å²) in [4.78, 5) is 14.5. The number of rotatable bonds is 6. The molecule has 1 aromatic heterocycles. The van der Waals surface area contributed by atoms with Gasteiger partial charge in [-0.3, -0.25) is 4.79 Å². The molecule has 2 aromatic rings. The highest BCUT2D eigenvalue weighted by Crippen LogP contribution is 2.22. The standard InChI is InChI=1S/C16H20N4O3S2/c1-19-12-17-18-16(19)24-10-15(21)20(9-13-5-3-2-4-6-13)14-7-8-25(22,23)11-14/h2-6,12,14H,7-11H2,1H3/t14-/m1/s1. The quantitative estimate of drug-likeness (QED) is 0.698. The zero-order valence-electron chi connectivity index (χ0n) is 13.9. The molecule has 0 unspecified atom stereocenters. The highest BCUT2D eigenvalue weighted by molar-refractivity contribution is 7.99. The van der Waals surface area contributed by atoms with Gasteiger partial charge in [0.25, 0.3) is 0 Å². The zero-order chi connectivity index (χ0) is 17.9. The van der Waals surface area contributed by atoms with E-state index in [4.69, 9.17) is 0 Å². The molecule has 0 aliphatic carbocycles. The van der Waals surface area contributed by atoms with Crippen LogP contribution in [-0.2, 0) is 28.2 Å². The lowest BCUT2D eigenvalue weighted by Gasteiger charge is -2.28. The van der Waals surface area contributed by atoms with E-state index in [1.165, 1.54) is 11.8 Å². The Morgan fingerprint density at radius 2 is 2.12 bits per heavy atom. The van der Waals surface area contributed by atoms with Crippen molar-refractivity contribution >= 4 is 27.5 Å². The first-order chi connectivity index (χ1) is 11.9. The van der Waals surface area contributed by atoms with Crippen LogP contribution in [0, 0.1) is 0 Å². The Kier molecular flexibility index (Phi) is 5.43. The maximum Gasteiger partial charge on any atom is 0.233 e. The molecule has 9 heteroatoms. The molecule has 1 aliphatic rings. The predicted octanol–water partition coefficient (Wildman–Crippen LogP) is 1.12. The van der Waals surface area contributed by atoms with E-state index in [-0.39, 0.29) is 29.2 Å². The van der Waals surface area contributed by atoms with E-state index >= 15 is 0 Å². The van der Waals surface area contributed by atoms with Crippen LogP contribution in [0.25, 0.3) is 0 Å². The van der Waals surface area contributed by atoms with E-state index in [2.05, 4.69) is 10.2 Å². The Labute approximate surface area is 151 Å².